The number of carboxylic acid groups (broad SMARTS) is 1. The third-order valence-electron chi connectivity index (χ3n) is 7.78. The van der Waals surface area contributed by atoms with E-state index in [1.54, 1.807) is 6.08 Å². The van der Waals surface area contributed by atoms with E-state index in [-0.39, 0.29) is 11.3 Å². The van der Waals surface area contributed by atoms with Crippen molar-refractivity contribution in [1.29, 1.82) is 0 Å². The number of ether oxygens (including phenoxy) is 3. The minimum absolute atomic E-state index is 0.0302. The summed E-state index contributed by atoms with van der Waals surface area (Å²) in [5, 5.41) is 20.7. The van der Waals surface area contributed by atoms with Gasteiger partial charge < -0.3 is 24.4 Å². The van der Waals surface area contributed by atoms with Crippen molar-refractivity contribution in [3.8, 4) is 0 Å². The van der Waals surface area contributed by atoms with E-state index >= 15 is 0 Å². The molecule has 7 nitrogen and oxygen atoms in total. The van der Waals surface area contributed by atoms with Crippen molar-refractivity contribution >= 4 is 11.9 Å². The van der Waals surface area contributed by atoms with Gasteiger partial charge in [-0.2, -0.15) is 0 Å². The number of carbonyl (C=O) groups excluding carboxylic acids is 1. The summed E-state index contributed by atoms with van der Waals surface area (Å²) in [6.45, 7) is 7.25. The molecule has 3 atom stereocenters. The molecule has 1 aliphatic heterocycles. The first-order chi connectivity index (χ1) is 17.2. The van der Waals surface area contributed by atoms with E-state index in [1.807, 2.05) is 6.08 Å². The van der Waals surface area contributed by atoms with Crippen LogP contribution in [0.2, 0.25) is 0 Å². The highest BCUT2D eigenvalue weighted by atomic mass is 16.7. The van der Waals surface area contributed by atoms with E-state index in [9.17, 15) is 19.8 Å². The average molecular weight is 509 g/mol. The molecule has 0 aromatic carbocycles. The monoisotopic (exact) mass is 508 g/mol. The van der Waals surface area contributed by atoms with Gasteiger partial charge in [-0.1, -0.05) is 52.5 Å². The summed E-state index contributed by atoms with van der Waals surface area (Å²) in [6.07, 6.45) is 14.5. The van der Waals surface area contributed by atoms with Gasteiger partial charge in [-0.25, -0.2) is 4.79 Å². The number of esters is 1. The Morgan fingerprint density at radius 2 is 1.81 bits per heavy atom. The fourth-order valence-corrected chi connectivity index (χ4v) is 5.48. The zero-order valence-electron chi connectivity index (χ0n) is 22.8. The number of allylic oxidation sites excluding steroid dienone is 2. The predicted octanol–water partition coefficient (Wildman–Crippen LogP) is 6.15. The molecule has 7 heteroatoms. The van der Waals surface area contributed by atoms with Crippen molar-refractivity contribution < 1.29 is 34.0 Å². The maximum absolute atomic E-state index is 13.2. The Morgan fingerprint density at radius 3 is 2.39 bits per heavy atom. The van der Waals surface area contributed by atoms with Gasteiger partial charge in [-0.15, -0.1) is 0 Å². The van der Waals surface area contributed by atoms with E-state index in [2.05, 4.69) is 25.5 Å². The van der Waals surface area contributed by atoms with Gasteiger partial charge in [0.15, 0.2) is 12.4 Å². The van der Waals surface area contributed by atoms with Crippen LogP contribution in [0.5, 0.6) is 0 Å². The summed E-state index contributed by atoms with van der Waals surface area (Å²) >= 11 is 0. The smallest absolute Gasteiger partial charge is 0.338 e. The Kier molecular flexibility index (Phi) is 12.5. The van der Waals surface area contributed by atoms with Crippen LogP contribution in [0.4, 0.5) is 0 Å². The van der Waals surface area contributed by atoms with E-state index in [0.29, 0.717) is 25.2 Å². The molecule has 206 valence electrons. The highest BCUT2D eigenvalue weighted by Crippen LogP contribution is 2.50. The molecular formula is C29H48O7. The summed E-state index contributed by atoms with van der Waals surface area (Å²) in [5.41, 5.74) is -1.15. The number of aliphatic hydroxyl groups excluding tert-OH is 1. The number of rotatable bonds is 15. The molecule has 0 spiro atoms. The Hall–Kier alpha value is -1.86. The Morgan fingerprint density at radius 1 is 1.11 bits per heavy atom. The van der Waals surface area contributed by atoms with Crippen LogP contribution in [0.25, 0.3) is 0 Å². The van der Waals surface area contributed by atoms with Gasteiger partial charge in [0.1, 0.15) is 11.2 Å². The Balaban J connectivity index is 2.40. The Labute approximate surface area is 217 Å². The molecule has 2 unspecified atom stereocenters. The van der Waals surface area contributed by atoms with E-state index in [4.69, 9.17) is 9.47 Å². The summed E-state index contributed by atoms with van der Waals surface area (Å²) in [7, 11) is 1.22. The highest BCUT2D eigenvalue weighted by molar-refractivity contribution is 5.79. The van der Waals surface area contributed by atoms with Crippen molar-refractivity contribution in [3.63, 3.8) is 0 Å². The van der Waals surface area contributed by atoms with Crippen LogP contribution in [-0.2, 0) is 23.8 Å². The molecule has 0 aromatic heterocycles. The number of carbonyl (C=O) groups is 2. The number of hydrogen-bond donors (Lipinski definition) is 2. The van der Waals surface area contributed by atoms with Crippen LogP contribution in [0.1, 0.15) is 104 Å². The van der Waals surface area contributed by atoms with Crippen molar-refractivity contribution in [3.05, 3.63) is 24.0 Å². The second-order valence-corrected chi connectivity index (χ2v) is 11.1. The molecular weight excluding hydrogens is 460 g/mol. The molecule has 0 bridgehead atoms. The molecule has 0 amide bonds. The largest absolute Gasteiger partial charge is 0.480 e. The minimum Gasteiger partial charge on any atom is -0.480 e. The first-order valence-corrected chi connectivity index (χ1v) is 13.8. The second-order valence-electron chi connectivity index (χ2n) is 11.1. The summed E-state index contributed by atoms with van der Waals surface area (Å²) in [4.78, 5) is 24.7. The number of carboxylic acids is 1. The lowest BCUT2D eigenvalue weighted by atomic mass is 9.68. The minimum atomic E-state index is -1.36. The van der Waals surface area contributed by atoms with Crippen LogP contribution < -0.4 is 0 Å². The molecule has 0 aromatic rings. The van der Waals surface area contributed by atoms with Crippen LogP contribution in [0.15, 0.2) is 24.0 Å². The fraction of sp³-hybridized carbons (Fsp3) is 0.793. The first-order valence-electron chi connectivity index (χ1n) is 13.8. The number of aliphatic hydroxyl groups is 1. The van der Waals surface area contributed by atoms with Crippen LogP contribution in [0, 0.1) is 16.7 Å². The predicted molar refractivity (Wildman–Crippen MR) is 139 cm³/mol. The van der Waals surface area contributed by atoms with Crippen molar-refractivity contribution in [2.24, 2.45) is 16.7 Å². The zero-order valence-corrected chi connectivity index (χ0v) is 22.8. The quantitative estimate of drug-likeness (QED) is 0.155. The van der Waals surface area contributed by atoms with E-state index in [0.717, 1.165) is 70.6 Å². The molecule has 2 aliphatic rings. The van der Waals surface area contributed by atoms with Crippen LogP contribution in [-0.4, -0.2) is 48.3 Å². The van der Waals surface area contributed by atoms with Crippen molar-refractivity contribution in [1.82, 2.24) is 0 Å². The van der Waals surface area contributed by atoms with Gasteiger partial charge >= 0.3 is 11.9 Å². The maximum atomic E-state index is 13.2. The molecule has 2 rings (SSSR count). The number of hydrogen-bond acceptors (Lipinski definition) is 6. The molecule has 2 N–H and O–H groups in total. The lowest BCUT2D eigenvalue weighted by Crippen LogP contribution is -2.42. The number of aliphatic carboxylic acids is 1. The molecule has 1 heterocycles. The first kappa shape index (κ1) is 30.4. The van der Waals surface area contributed by atoms with E-state index < -0.39 is 29.7 Å². The topological polar surface area (TPSA) is 102 Å². The van der Waals surface area contributed by atoms with Gasteiger partial charge in [-0.3, -0.25) is 4.79 Å². The summed E-state index contributed by atoms with van der Waals surface area (Å²) < 4.78 is 16.9. The molecule has 1 saturated heterocycles. The third-order valence-corrected chi connectivity index (χ3v) is 7.78. The lowest BCUT2D eigenvalue weighted by Gasteiger charge is -2.39. The molecule has 1 saturated carbocycles. The van der Waals surface area contributed by atoms with Crippen LogP contribution >= 0.6 is 0 Å². The number of methoxy groups -OCH3 is 1. The zero-order chi connectivity index (χ0) is 26.6. The Bertz CT molecular complexity index is 745. The molecule has 1 aliphatic carbocycles. The van der Waals surface area contributed by atoms with Gasteiger partial charge in [0.25, 0.3) is 0 Å². The SMILES string of the molecule is CCCCC(C)(C)C/C=C(/OC1CCCCO1)[C@](CC/C=C\C(O)C(=O)OC)(C(=O)O)C1CCCC1. The molecule has 36 heavy (non-hydrogen) atoms. The standard InChI is InChI=1S/C29H48O7/c1-5-6-18-28(2,3)20-17-24(36-25-16-10-12-21-35-25)29(27(32)33,22-13-7-8-14-22)19-11-9-15-23(30)26(31)34-4/h9,15,17,22-23,25,30H,5-8,10-14,16,18-21H2,1-4H3,(H,32,33)/b15-9-,24-17+/t23?,25?,29-/m1/s1. The van der Waals surface area contributed by atoms with Gasteiger partial charge in [0, 0.05) is 6.42 Å². The average Bonchev–Trinajstić information content (AvgIpc) is 3.41. The van der Waals surface area contributed by atoms with Crippen LogP contribution in [0.3, 0.4) is 0 Å². The van der Waals surface area contributed by atoms with Gasteiger partial charge in [-0.05, 0) is 74.9 Å². The highest BCUT2D eigenvalue weighted by Gasteiger charge is 2.51. The second kappa shape index (κ2) is 14.8. The number of unbranched alkanes of at least 4 members (excludes halogenated alkanes) is 1. The lowest BCUT2D eigenvalue weighted by molar-refractivity contribution is -0.171. The molecule has 2 fully saturated rings. The van der Waals surface area contributed by atoms with Gasteiger partial charge in [0.05, 0.1) is 13.7 Å². The van der Waals surface area contributed by atoms with Gasteiger partial charge in [0.2, 0.25) is 0 Å². The normalized spacial score (nSPS) is 22.4. The molecule has 0 radical (unpaired) electrons. The fourth-order valence-electron chi connectivity index (χ4n) is 5.48. The maximum Gasteiger partial charge on any atom is 0.338 e. The van der Waals surface area contributed by atoms with E-state index in [1.165, 1.54) is 13.2 Å². The third kappa shape index (κ3) is 8.62. The summed E-state index contributed by atoms with van der Waals surface area (Å²) in [6, 6.07) is 0. The van der Waals surface area contributed by atoms with Crippen molar-refractivity contribution in [2.45, 2.75) is 117 Å². The van der Waals surface area contributed by atoms with Crippen molar-refractivity contribution in [2.75, 3.05) is 13.7 Å². The summed E-state index contributed by atoms with van der Waals surface area (Å²) in [5.74, 6) is -1.12.